The maximum atomic E-state index is 5.43. The van der Waals surface area contributed by atoms with Crippen LogP contribution in [0, 0.1) is 0 Å². The van der Waals surface area contributed by atoms with Crippen molar-refractivity contribution in [1.82, 2.24) is 5.32 Å². The summed E-state index contributed by atoms with van der Waals surface area (Å²) in [5.74, 6) is 0.948. The van der Waals surface area contributed by atoms with E-state index in [4.69, 9.17) is 9.47 Å². The molecule has 0 saturated heterocycles. The maximum absolute atomic E-state index is 5.43. The summed E-state index contributed by atoms with van der Waals surface area (Å²) in [5.41, 5.74) is 1.22. The Hall–Kier alpha value is -1.06. The predicted molar refractivity (Wildman–Crippen MR) is 75.1 cm³/mol. The van der Waals surface area contributed by atoms with Crippen LogP contribution in [0.2, 0.25) is 0 Å². The molecule has 1 aromatic carbocycles. The molecule has 1 rings (SSSR count). The molecule has 3 nitrogen and oxygen atoms in total. The average molecular weight is 251 g/mol. The van der Waals surface area contributed by atoms with Crippen molar-refractivity contribution in [2.24, 2.45) is 0 Å². The number of ether oxygens (including phenoxy) is 2. The number of rotatable bonds is 8. The van der Waals surface area contributed by atoms with Crippen LogP contribution in [0.15, 0.2) is 24.3 Å². The molecule has 102 valence electrons. The van der Waals surface area contributed by atoms with Gasteiger partial charge in [-0.05, 0) is 18.9 Å². The van der Waals surface area contributed by atoms with E-state index >= 15 is 0 Å². The number of methoxy groups -OCH3 is 2. The van der Waals surface area contributed by atoms with Gasteiger partial charge in [0.05, 0.1) is 13.7 Å². The predicted octanol–water partition coefficient (Wildman–Crippen LogP) is 3.16. The summed E-state index contributed by atoms with van der Waals surface area (Å²) in [4.78, 5) is 0. The van der Waals surface area contributed by atoms with E-state index in [1.807, 2.05) is 12.1 Å². The van der Waals surface area contributed by atoms with E-state index in [-0.39, 0.29) is 0 Å². The minimum Gasteiger partial charge on any atom is -0.496 e. The Bertz CT molecular complexity index is 341. The standard InChI is InChI=1S/C15H25NO2/c1-5-12(11-17-3)16-14(6-2)13-9-7-8-10-15(13)18-4/h7-10,12,14,16H,5-6,11H2,1-4H3. The van der Waals surface area contributed by atoms with Crippen molar-refractivity contribution >= 4 is 0 Å². The summed E-state index contributed by atoms with van der Waals surface area (Å²) in [7, 11) is 3.46. The molecule has 0 saturated carbocycles. The first kappa shape index (κ1) is 15.0. The Labute approximate surface area is 110 Å². The molecule has 1 aromatic rings. The highest BCUT2D eigenvalue weighted by atomic mass is 16.5. The van der Waals surface area contributed by atoms with E-state index in [9.17, 15) is 0 Å². The van der Waals surface area contributed by atoms with Crippen molar-refractivity contribution in [1.29, 1.82) is 0 Å². The average Bonchev–Trinajstić information content (AvgIpc) is 2.43. The number of hydrogen-bond donors (Lipinski definition) is 1. The summed E-state index contributed by atoms with van der Waals surface area (Å²) >= 11 is 0. The van der Waals surface area contributed by atoms with Gasteiger partial charge in [-0.15, -0.1) is 0 Å². The Kier molecular flexibility index (Phi) is 6.76. The Morgan fingerprint density at radius 2 is 1.83 bits per heavy atom. The summed E-state index contributed by atoms with van der Waals surface area (Å²) in [6, 6.07) is 8.88. The van der Waals surface area contributed by atoms with E-state index < -0.39 is 0 Å². The lowest BCUT2D eigenvalue weighted by Crippen LogP contribution is -2.35. The zero-order valence-corrected chi connectivity index (χ0v) is 11.9. The third-order valence-corrected chi connectivity index (χ3v) is 3.22. The fourth-order valence-electron chi connectivity index (χ4n) is 2.15. The monoisotopic (exact) mass is 251 g/mol. The molecule has 2 atom stereocenters. The van der Waals surface area contributed by atoms with Gasteiger partial charge in [-0.1, -0.05) is 32.0 Å². The van der Waals surface area contributed by atoms with Crippen LogP contribution in [0.3, 0.4) is 0 Å². The molecule has 0 radical (unpaired) electrons. The summed E-state index contributed by atoms with van der Waals surface area (Å²) in [6.45, 7) is 5.09. The fourth-order valence-corrected chi connectivity index (χ4v) is 2.15. The molecule has 0 amide bonds. The zero-order chi connectivity index (χ0) is 13.4. The quantitative estimate of drug-likeness (QED) is 0.770. The maximum Gasteiger partial charge on any atom is 0.123 e. The number of nitrogens with one attached hydrogen (secondary N) is 1. The van der Waals surface area contributed by atoms with Crippen LogP contribution in [0.25, 0.3) is 0 Å². The van der Waals surface area contributed by atoms with Gasteiger partial charge in [0.15, 0.2) is 0 Å². The number of para-hydroxylation sites is 1. The first-order valence-electron chi connectivity index (χ1n) is 6.64. The summed E-state index contributed by atoms with van der Waals surface area (Å²) < 4.78 is 10.7. The number of benzene rings is 1. The van der Waals surface area contributed by atoms with Gasteiger partial charge in [0.25, 0.3) is 0 Å². The van der Waals surface area contributed by atoms with Crippen molar-refractivity contribution in [3.63, 3.8) is 0 Å². The topological polar surface area (TPSA) is 30.5 Å². The zero-order valence-electron chi connectivity index (χ0n) is 11.9. The van der Waals surface area contributed by atoms with Crippen molar-refractivity contribution < 1.29 is 9.47 Å². The molecule has 0 aliphatic heterocycles. The molecule has 0 heterocycles. The largest absolute Gasteiger partial charge is 0.496 e. The highest BCUT2D eigenvalue weighted by Crippen LogP contribution is 2.27. The minimum absolute atomic E-state index is 0.307. The van der Waals surface area contributed by atoms with Gasteiger partial charge in [0, 0.05) is 24.8 Å². The van der Waals surface area contributed by atoms with E-state index in [0.717, 1.165) is 25.2 Å². The van der Waals surface area contributed by atoms with Crippen molar-refractivity contribution in [2.75, 3.05) is 20.8 Å². The molecule has 18 heavy (non-hydrogen) atoms. The van der Waals surface area contributed by atoms with Gasteiger partial charge in [-0.2, -0.15) is 0 Å². The molecule has 1 N–H and O–H groups in total. The highest BCUT2D eigenvalue weighted by molar-refractivity contribution is 5.35. The van der Waals surface area contributed by atoms with Crippen LogP contribution in [-0.4, -0.2) is 26.9 Å². The normalized spacial score (nSPS) is 14.2. The third kappa shape index (κ3) is 4.00. The lowest BCUT2D eigenvalue weighted by atomic mass is 10.0. The Balaban J connectivity index is 2.81. The van der Waals surface area contributed by atoms with Crippen molar-refractivity contribution in [3.8, 4) is 5.75 Å². The van der Waals surface area contributed by atoms with Crippen LogP contribution >= 0.6 is 0 Å². The minimum atomic E-state index is 0.307. The second-order valence-electron chi connectivity index (χ2n) is 4.43. The summed E-state index contributed by atoms with van der Waals surface area (Å²) in [5, 5.41) is 3.64. The van der Waals surface area contributed by atoms with Crippen molar-refractivity contribution in [3.05, 3.63) is 29.8 Å². The van der Waals surface area contributed by atoms with Gasteiger partial charge in [0.2, 0.25) is 0 Å². The SMILES string of the molecule is CCC(COC)NC(CC)c1ccccc1OC. The molecular weight excluding hydrogens is 226 g/mol. The first-order chi connectivity index (χ1) is 8.76. The highest BCUT2D eigenvalue weighted by Gasteiger charge is 2.17. The molecule has 2 unspecified atom stereocenters. The Morgan fingerprint density at radius 1 is 1.11 bits per heavy atom. The Morgan fingerprint density at radius 3 is 2.39 bits per heavy atom. The first-order valence-corrected chi connectivity index (χ1v) is 6.64. The smallest absolute Gasteiger partial charge is 0.123 e. The van der Waals surface area contributed by atoms with E-state index in [1.165, 1.54) is 5.56 Å². The lowest BCUT2D eigenvalue weighted by molar-refractivity contribution is 0.157. The van der Waals surface area contributed by atoms with Gasteiger partial charge >= 0.3 is 0 Å². The van der Waals surface area contributed by atoms with Crippen LogP contribution in [0.1, 0.15) is 38.3 Å². The second-order valence-corrected chi connectivity index (χ2v) is 4.43. The molecule has 0 aliphatic rings. The molecule has 0 fully saturated rings. The van der Waals surface area contributed by atoms with Gasteiger partial charge in [-0.25, -0.2) is 0 Å². The molecular formula is C15H25NO2. The fraction of sp³-hybridized carbons (Fsp3) is 0.600. The van der Waals surface area contributed by atoms with Crippen LogP contribution in [0.4, 0.5) is 0 Å². The van der Waals surface area contributed by atoms with Crippen LogP contribution < -0.4 is 10.1 Å². The molecule has 0 aromatic heterocycles. The molecule has 3 heteroatoms. The van der Waals surface area contributed by atoms with Crippen LogP contribution in [0.5, 0.6) is 5.75 Å². The second kappa shape index (κ2) is 8.11. The van der Waals surface area contributed by atoms with Crippen LogP contribution in [-0.2, 0) is 4.74 Å². The van der Waals surface area contributed by atoms with E-state index in [2.05, 4.69) is 31.3 Å². The van der Waals surface area contributed by atoms with E-state index in [1.54, 1.807) is 14.2 Å². The van der Waals surface area contributed by atoms with Gasteiger partial charge in [0.1, 0.15) is 5.75 Å². The third-order valence-electron chi connectivity index (χ3n) is 3.22. The lowest BCUT2D eigenvalue weighted by Gasteiger charge is -2.25. The van der Waals surface area contributed by atoms with E-state index in [0.29, 0.717) is 12.1 Å². The molecule has 0 aliphatic carbocycles. The van der Waals surface area contributed by atoms with Crippen molar-refractivity contribution in [2.45, 2.75) is 38.8 Å². The molecule has 0 spiro atoms. The summed E-state index contributed by atoms with van der Waals surface area (Å²) in [6.07, 6.45) is 2.08. The van der Waals surface area contributed by atoms with Gasteiger partial charge < -0.3 is 14.8 Å². The molecule has 0 bridgehead atoms. The number of hydrogen-bond acceptors (Lipinski definition) is 3. The van der Waals surface area contributed by atoms with Gasteiger partial charge in [-0.3, -0.25) is 0 Å².